The van der Waals surface area contributed by atoms with Crippen LogP contribution in [0, 0.1) is 0 Å². The second-order valence-electron chi connectivity index (χ2n) is 3.95. The van der Waals surface area contributed by atoms with Gasteiger partial charge in [-0.2, -0.15) is 0 Å². The minimum absolute atomic E-state index is 0.0537. The first-order valence-electron chi connectivity index (χ1n) is 5.37. The number of alkyl halides is 1. The Morgan fingerprint density at radius 2 is 2.44 bits per heavy atom. The van der Waals surface area contributed by atoms with E-state index in [1.54, 1.807) is 11.3 Å². The quantitative estimate of drug-likeness (QED) is 0.665. The largest absolute Gasteiger partial charge is 0.378 e. The molecule has 0 aromatic carbocycles. The first-order valence-corrected chi connectivity index (χ1v) is 7.79. The lowest BCUT2D eigenvalue weighted by Crippen LogP contribution is -2.05. The van der Waals surface area contributed by atoms with Gasteiger partial charge >= 0.3 is 0 Å². The number of hydrogen-bond acceptors (Lipinski definition) is 2. The molecular formula is C11H13BrCl2OS. The van der Waals surface area contributed by atoms with Crippen molar-refractivity contribution in [1.82, 2.24) is 0 Å². The topological polar surface area (TPSA) is 9.23 Å². The average Bonchev–Trinajstić information content (AvgIpc) is 2.86. The van der Waals surface area contributed by atoms with Crippen molar-refractivity contribution in [3.8, 4) is 0 Å². The van der Waals surface area contributed by atoms with Crippen molar-refractivity contribution in [2.75, 3.05) is 6.61 Å². The summed E-state index contributed by atoms with van der Waals surface area (Å²) in [5.41, 5.74) is 0. The highest BCUT2D eigenvalue weighted by Crippen LogP contribution is 2.39. The van der Waals surface area contributed by atoms with Crippen LogP contribution >= 0.6 is 50.5 Å². The van der Waals surface area contributed by atoms with E-state index >= 15 is 0 Å². The van der Waals surface area contributed by atoms with Gasteiger partial charge in [-0.15, -0.1) is 22.9 Å². The predicted molar refractivity (Wildman–Crippen MR) is 73.8 cm³/mol. The number of hydrogen-bond donors (Lipinski definition) is 0. The van der Waals surface area contributed by atoms with E-state index in [4.69, 9.17) is 27.9 Å². The molecule has 1 aliphatic heterocycles. The summed E-state index contributed by atoms with van der Waals surface area (Å²) in [4.78, 5) is 1.14. The van der Waals surface area contributed by atoms with Crippen molar-refractivity contribution in [2.24, 2.45) is 0 Å². The summed E-state index contributed by atoms with van der Waals surface area (Å²) in [7, 11) is 0. The Balaban J connectivity index is 1.84. The van der Waals surface area contributed by atoms with Crippen molar-refractivity contribution >= 4 is 50.5 Å². The fourth-order valence-electron chi connectivity index (χ4n) is 1.86. The third-order valence-electron chi connectivity index (χ3n) is 2.74. The molecule has 0 radical (unpaired) electrons. The molecule has 0 saturated carbocycles. The zero-order valence-electron chi connectivity index (χ0n) is 8.72. The summed E-state index contributed by atoms with van der Waals surface area (Å²) in [6, 6.07) is 2.01. The lowest BCUT2D eigenvalue weighted by atomic mass is 10.1. The fraction of sp³-hybridized carbons (Fsp3) is 0.636. The van der Waals surface area contributed by atoms with Crippen LogP contribution < -0.4 is 0 Å². The SMILES string of the molecule is Clc1sc(C(Cl)CCC2CCCO2)cc1Br. The maximum atomic E-state index is 6.35. The van der Waals surface area contributed by atoms with Gasteiger partial charge in [0, 0.05) is 16.0 Å². The minimum atomic E-state index is 0.0537. The number of halogens is 3. The lowest BCUT2D eigenvalue weighted by molar-refractivity contribution is 0.102. The van der Waals surface area contributed by atoms with E-state index in [9.17, 15) is 0 Å². The van der Waals surface area contributed by atoms with E-state index in [-0.39, 0.29) is 5.38 Å². The first-order chi connectivity index (χ1) is 7.66. The molecule has 1 fully saturated rings. The molecule has 90 valence electrons. The van der Waals surface area contributed by atoms with Gasteiger partial charge in [0.15, 0.2) is 0 Å². The molecule has 0 aliphatic carbocycles. The third-order valence-corrected chi connectivity index (χ3v) is 5.91. The highest BCUT2D eigenvalue weighted by molar-refractivity contribution is 9.10. The lowest BCUT2D eigenvalue weighted by Gasteiger charge is -2.11. The van der Waals surface area contributed by atoms with E-state index in [1.165, 1.54) is 12.8 Å². The Bertz CT molecular complexity index is 330. The summed E-state index contributed by atoms with van der Waals surface area (Å²) < 4.78 is 7.29. The van der Waals surface area contributed by atoms with Crippen LogP contribution in [-0.2, 0) is 4.74 Å². The predicted octanol–water partition coefficient (Wildman–Crippen LogP) is 5.40. The van der Waals surface area contributed by atoms with Crippen LogP contribution in [0.1, 0.15) is 35.9 Å². The molecule has 0 amide bonds. The Labute approximate surface area is 118 Å². The van der Waals surface area contributed by atoms with Crippen LogP contribution in [0.2, 0.25) is 4.34 Å². The third kappa shape index (κ3) is 3.36. The molecule has 2 unspecified atom stereocenters. The molecule has 1 nitrogen and oxygen atoms in total. The van der Waals surface area contributed by atoms with Crippen LogP contribution in [0.3, 0.4) is 0 Å². The van der Waals surface area contributed by atoms with Gasteiger partial charge in [-0.05, 0) is 47.7 Å². The summed E-state index contributed by atoms with van der Waals surface area (Å²) in [6.45, 7) is 0.911. The number of ether oxygens (including phenoxy) is 1. The van der Waals surface area contributed by atoms with E-state index in [1.807, 2.05) is 6.07 Å². The Morgan fingerprint density at radius 1 is 1.62 bits per heavy atom. The highest BCUT2D eigenvalue weighted by Gasteiger charge is 2.19. The summed E-state index contributed by atoms with van der Waals surface area (Å²) >= 11 is 17.3. The van der Waals surface area contributed by atoms with Crippen molar-refractivity contribution < 1.29 is 4.74 Å². The van der Waals surface area contributed by atoms with Crippen LogP contribution in [0.5, 0.6) is 0 Å². The molecule has 2 atom stereocenters. The van der Waals surface area contributed by atoms with Crippen molar-refractivity contribution in [1.29, 1.82) is 0 Å². The van der Waals surface area contributed by atoms with E-state index in [2.05, 4.69) is 15.9 Å². The first kappa shape index (κ1) is 13.2. The van der Waals surface area contributed by atoms with E-state index in [0.29, 0.717) is 6.10 Å². The fourth-order valence-corrected chi connectivity index (χ4v) is 3.94. The standard InChI is InChI=1S/C11H13BrCl2OS/c12-8-6-10(16-11(8)14)9(13)4-3-7-2-1-5-15-7/h6-7,9H,1-5H2. The molecule has 1 aromatic heterocycles. The molecule has 0 spiro atoms. The highest BCUT2D eigenvalue weighted by atomic mass is 79.9. The van der Waals surface area contributed by atoms with Gasteiger partial charge < -0.3 is 4.74 Å². The van der Waals surface area contributed by atoms with Gasteiger partial charge in [-0.1, -0.05) is 11.6 Å². The molecule has 1 aliphatic rings. The number of rotatable bonds is 4. The normalized spacial score (nSPS) is 22.6. The monoisotopic (exact) mass is 342 g/mol. The van der Waals surface area contributed by atoms with Crippen molar-refractivity contribution in [3.05, 3.63) is 19.8 Å². The van der Waals surface area contributed by atoms with Crippen LogP contribution in [0.4, 0.5) is 0 Å². The van der Waals surface area contributed by atoms with Crippen LogP contribution in [0.25, 0.3) is 0 Å². The Morgan fingerprint density at radius 3 is 3.00 bits per heavy atom. The summed E-state index contributed by atoms with van der Waals surface area (Å²) in [5, 5.41) is 0.0537. The Hall–Kier alpha value is 0.720. The molecule has 1 saturated heterocycles. The van der Waals surface area contributed by atoms with E-state index < -0.39 is 0 Å². The van der Waals surface area contributed by atoms with Crippen molar-refractivity contribution in [2.45, 2.75) is 37.2 Å². The van der Waals surface area contributed by atoms with Gasteiger partial charge in [0.05, 0.1) is 11.5 Å². The smallest absolute Gasteiger partial charge is 0.107 e. The van der Waals surface area contributed by atoms with Gasteiger partial charge in [-0.25, -0.2) is 0 Å². The Kier molecular flexibility index (Phi) is 4.98. The average molecular weight is 344 g/mol. The van der Waals surface area contributed by atoms with E-state index in [0.717, 1.165) is 33.1 Å². The maximum absolute atomic E-state index is 6.35. The number of thiophene rings is 1. The molecule has 16 heavy (non-hydrogen) atoms. The van der Waals surface area contributed by atoms with Gasteiger partial charge in [0.2, 0.25) is 0 Å². The van der Waals surface area contributed by atoms with Gasteiger partial charge in [-0.3, -0.25) is 0 Å². The van der Waals surface area contributed by atoms with Gasteiger partial charge in [0.25, 0.3) is 0 Å². The molecular weight excluding hydrogens is 331 g/mol. The van der Waals surface area contributed by atoms with Gasteiger partial charge in [0.1, 0.15) is 4.34 Å². The molecule has 2 rings (SSSR count). The van der Waals surface area contributed by atoms with Crippen LogP contribution in [-0.4, -0.2) is 12.7 Å². The maximum Gasteiger partial charge on any atom is 0.107 e. The summed E-state index contributed by atoms with van der Waals surface area (Å²) in [6.07, 6.45) is 4.78. The molecule has 2 heterocycles. The zero-order chi connectivity index (χ0) is 11.5. The minimum Gasteiger partial charge on any atom is -0.378 e. The van der Waals surface area contributed by atoms with Crippen LogP contribution in [0.15, 0.2) is 10.5 Å². The van der Waals surface area contributed by atoms with Crippen molar-refractivity contribution in [3.63, 3.8) is 0 Å². The second kappa shape index (κ2) is 6.05. The zero-order valence-corrected chi connectivity index (χ0v) is 12.6. The molecule has 1 aromatic rings. The summed E-state index contributed by atoms with van der Waals surface area (Å²) in [5.74, 6) is 0. The second-order valence-corrected chi connectivity index (χ2v) is 7.02. The molecule has 5 heteroatoms. The molecule has 0 N–H and O–H groups in total. The molecule has 0 bridgehead atoms.